The van der Waals surface area contributed by atoms with Crippen molar-refractivity contribution in [2.75, 3.05) is 0 Å². The number of alkyl halides is 6. The van der Waals surface area contributed by atoms with E-state index in [9.17, 15) is 46.8 Å². The minimum absolute atomic E-state index is 0.0735. The molecule has 0 aliphatic heterocycles. The number of aliphatic hydroxyl groups is 4. The highest BCUT2D eigenvalue weighted by Crippen LogP contribution is 2.63. The van der Waals surface area contributed by atoms with Gasteiger partial charge in [-0.25, -0.2) is 0 Å². The van der Waals surface area contributed by atoms with Crippen LogP contribution in [0.25, 0.3) is 0 Å². The Morgan fingerprint density at radius 3 is 2.19 bits per heavy atom. The summed E-state index contributed by atoms with van der Waals surface area (Å²) in [5, 5.41) is 40.2. The van der Waals surface area contributed by atoms with Gasteiger partial charge in [0.05, 0.1) is 17.8 Å². The van der Waals surface area contributed by atoms with Gasteiger partial charge in [0, 0.05) is 12.8 Å². The molecule has 0 saturated heterocycles. The molecule has 0 bridgehead atoms. The molecular formula is C33H46F6O4. The first-order valence-corrected chi connectivity index (χ1v) is 15.1. The van der Waals surface area contributed by atoms with Crippen LogP contribution in [0, 0.1) is 34.5 Å². The zero-order valence-electron chi connectivity index (χ0n) is 25.5. The van der Waals surface area contributed by atoms with Crippen LogP contribution in [0.1, 0.15) is 98.3 Å². The normalized spacial score (nSPS) is 32.4. The van der Waals surface area contributed by atoms with Crippen molar-refractivity contribution in [1.82, 2.24) is 0 Å². The first kappa shape index (κ1) is 35.7. The predicted molar refractivity (Wildman–Crippen MR) is 152 cm³/mol. The van der Waals surface area contributed by atoms with Crippen LogP contribution < -0.4 is 0 Å². The molecule has 0 heterocycles. The summed E-state index contributed by atoms with van der Waals surface area (Å²) < 4.78 is 79.9. The zero-order valence-corrected chi connectivity index (χ0v) is 25.5. The topological polar surface area (TPSA) is 80.9 Å². The van der Waals surface area contributed by atoms with Gasteiger partial charge in [0.25, 0.3) is 0 Å². The van der Waals surface area contributed by atoms with Gasteiger partial charge in [-0.3, -0.25) is 0 Å². The molecule has 4 nitrogen and oxygen atoms in total. The largest absolute Gasteiger partial charge is 0.438 e. The highest BCUT2D eigenvalue weighted by atomic mass is 19.4. The number of hydrogen-bond acceptors (Lipinski definition) is 4. The van der Waals surface area contributed by atoms with Gasteiger partial charge in [0.15, 0.2) is 0 Å². The van der Waals surface area contributed by atoms with E-state index in [0.29, 0.717) is 37.7 Å². The molecule has 3 fully saturated rings. The Kier molecular flexibility index (Phi) is 10.4. The SMILES string of the molecule is C=C1/C(=C\C=C2/CCC[C@@]3(C)C2CC[C@@H]3[C@@](C)(CC#CC(O)(C(F)(F)F)C(F)(F)F)CCCC(C)(C)O)CC(O)C[C@@H]1O. The van der Waals surface area contributed by atoms with Crippen molar-refractivity contribution in [3.8, 4) is 11.8 Å². The van der Waals surface area contributed by atoms with E-state index in [1.54, 1.807) is 13.8 Å². The van der Waals surface area contributed by atoms with E-state index in [1.807, 2.05) is 19.1 Å². The molecule has 3 rings (SSSR count). The van der Waals surface area contributed by atoms with Gasteiger partial charge < -0.3 is 20.4 Å². The Labute approximate surface area is 251 Å². The van der Waals surface area contributed by atoms with Crippen molar-refractivity contribution >= 4 is 0 Å². The molecule has 0 aromatic heterocycles. The molecule has 2 unspecified atom stereocenters. The smallest absolute Gasteiger partial charge is 0.393 e. The van der Waals surface area contributed by atoms with E-state index in [4.69, 9.17) is 0 Å². The summed E-state index contributed by atoms with van der Waals surface area (Å²) in [4.78, 5) is 0. The summed E-state index contributed by atoms with van der Waals surface area (Å²) in [5.74, 6) is 3.35. The van der Waals surface area contributed by atoms with Crippen LogP contribution in [0.3, 0.4) is 0 Å². The second kappa shape index (κ2) is 12.5. The summed E-state index contributed by atoms with van der Waals surface area (Å²) in [7, 11) is 0. The fraction of sp³-hybridized carbons (Fsp3) is 0.758. The minimum atomic E-state index is -6.01. The molecule has 4 N–H and O–H groups in total. The van der Waals surface area contributed by atoms with E-state index >= 15 is 0 Å². The number of aliphatic hydroxyl groups excluding tert-OH is 2. The van der Waals surface area contributed by atoms with Crippen molar-refractivity contribution < 1.29 is 46.8 Å². The summed E-state index contributed by atoms with van der Waals surface area (Å²) in [6.45, 7) is 11.3. The number of fused-ring (bicyclic) bond motifs is 1. The van der Waals surface area contributed by atoms with Crippen molar-refractivity contribution in [2.45, 2.75) is 134 Å². The van der Waals surface area contributed by atoms with Crippen molar-refractivity contribution in [3.63, 3.8) is 0 Å². The molecule has 244 valence electrons. The van der Waals surface area contributed by atoms with Crippen LogP contribution in [0.2, 0.25) is 0 Å². The molecule has 0 aromatic rings. The molecule has 6 atom stereocenters. The zero-order chi connectivity index (χ0) is 32.6. The molecular weight excluding hydrogens is 574 g/mol. The molecule has 3 saturated carbocycles. The molecule has 0 aromatic carbocycles. The van der Waals surface area contributed by atoms with Gasteiger partial charge in [0.1, 0.15) is 0 Å². The van der Waals surface area contributed by atoms with Crippen LogP contribution in [0.5, 0.6) is 0 Å². The molecule has 0 radical (unpaired) electrons. The maximum atomic E-state index is 13.3. The first-order valence-electron chi connectivity index (χ1n) is 15.1. The Morgan fingerprint density at radius 1 is 0.977 bits per heavy atom. The predicted octanol–water partition coefficient (Wildman–Crippen LogP) is 7.32. The average Bonchev–Trinajstić information content (AvgIpc) is 3.21. The first-order chi connectivity index (χ1) is 19.5. The maximum absolute atomic E-state index is 13.3. The van der Waals surface area contributed by atoms with Crippen LogP contribution in [0.15, 0.2) is 35.5 Å². The van der Waals surface area contributed by atoms with Gasteiger partial charge in [-0.15, -0.1) is 0 Å². The monoisotopic (exact) mass is 620 g/mol. The average molecular weight is 621 g/mol. The van der Waals surface area contributed by atoms with Gasteiger partial charge >= 0.3 is 18.0 Å². The number of allylic oxidation sites excluding steroid dienone is 3. The fourth-order valence-electron chi connectivity index (χ4n) is 7.84. The lowest BCUT2D eigenvalue weighted by atomic mass is 9.55. The van der Waals surface area contributed by atoms with E-state index in [0.717, 1.165) is 37.2 Å². The van der Waals surface area contributed by atoms with Gasteiger partial charge in [-0.1, -0.05) is 50.5 Å². The van der Waals surface area contributed by atoms with Crippen LogP contribution >= 0.6 is 0 Å². The van der Waals surface area contributed by atoms with Crippen LogP contribution in [-0.4, -0.2) is 56.2 Å². The van der Waals surface area contributed by atoms with Gasteiger partial charge in [-0.05, 0) is 105 Å². The third-order valence-corrected chi connectivity index (χ3v) is 10.2. The summed E-state index contributed by atoms with van der Waals surface area (Å²) in [6.07, 6.45) is -3.77. The van der Waals surface area contributed by atoms with Crippen molar-refractivity contribution in [3.05, 3.63) is 35.5 Å². The second-order valence-electron chi connectivity index (χ2n) is 14.1. The van der Waals surface area contributed by atoms with Crippen LogP contribution in [0.4, 0.5) is 26.3 Å². The van der Waals surface area contributed by atoms with E-state index in [1.165, 1.54) is 5.57 Å². The van der Waals surface area contributed by atoms with E-state index in [-0.39, 0.29) is 30.1 Å². The maximum Gasteiger partial charge on any atom is 0.438 e. The molecule has 10 heteroatoms. The highest BCUT2D eigenvalue weighted by Gasteiger charge is 2.70. The van der Waals surface area contributed by atoms with E-state index < -0.39 is 41.2 Å². The van der Waals surface area contributed by atoms with Crippen molar-refractivity contribution in [1.29, 1.82) is 0 Å². The highest BCUT2D eigenvalue weighted by molar-refractivity contribution is 5.39. The van der Waals surface area contributed by atoms with Crippen molar-refractivity contribution in [2.24, 2.45) is 22.7 Å². The minimum Gasteiger partial charge on any atom is -0.393 e. The van der Waals surface area contributed by atoms with Crippen LogP contribution in [-0.2, 0) is 0 Å². The van der Waals surface area contributed by atoms with Gasteiger partial charge in [-0.2, -0.15) is 26.3 Å². The molecule has 3 aliphatic carbocycles. The standard InChI is InChI=1S/C33H46F6O4/c1-21-23(19-24(40)20-26(21)41)11-10-22-9-6-17-30(5)25(22)12-13-27(30)29(4,15-7-14-28(2,3)42)16-8-18-31(43,32(34,35)36)33(37,38)39/h10-11,24-27,40-43H,1,6-7,9,12-17,19-20H2,2-5H3/b22-10+,23-11-/t24?,25?,26-,27+,29+,30-/m0/s1. The quantitative estimate of drug-likeness (QED) is 0.178. The molecule has 0 spiro atoms. The Balaban J connectivity index is 1.95. The molecule has 0 amide bonds. The number of halogens is 6. The third kappa shape index (κ3) is 7.71. The third-order valence-electron chi connectivity index (χ3n) is 10.2. The number of rotatable bonds is 7. The molecule has 3 aliphatic rings. The number of hydrogen-bond donors (Lipinski definition) is 4. The lowest BCUT2D eigenvalue weighted by Crippen LogP contribution is -2.55. The summed E-state index contributed by atoms with van der Waals surface area (Å²) in [6, 6.07) is 0. The Bertz CT molecular complexity index is 1140. The fourth-order valence-corrected chi connectivity index (χ4v) is 7.84. The Morgan fingerprint density at radius 2 is 1.60 bits per heavy atom. The summed E-state index contributed by atoms with van der Waals surface area (Å²) in [5.41, 5.74) is -4.60. The summed E-state index contributed by atoms with van der Waals surface area (Å²) >= 11 is 0. The van der Waals surface area contributed by atoms with Gasteiger partial charge in [0.2, 0.25) is 0 Å². The lowest BCUT2D eigenvalue weighted by molar-refractivity contribution is -0.343. The second-order valence-corrected chi connectivity index (χ2v) is 14.1. The van der Waals surface area contributed by atoms with E-state index in [2.05, 4.69) is 19.4 Å². The lowest BCUT2D eigenvalue weighted by Gasteiger charge is -2.49. The Hall–Kier alpha value is -1.80. The molecule has 43 heavy (non-hydrogen) atoms.